The highest BCUT2D eigenvalue weighted by Crippen LogP contribution is 2.35. The van der Waals surface area contributed by atoms with E-state index in [0.29, 0.717) is 17.1 Å². The largest absolute Gasteiger partial charge is 0.489 e. The molecule has 100 valence electrons. The van der Waals surface area contributed by atoms with Crippen LogP contribution in [0.3, 0.4) is 0 Å². The summed E-state index contributed by atoms with van der Waals surface area (Å²) in [5.74, 6) is 0.455. The first-order chi connectivity index (χ1) is 9.63. The standard InChI is InChI=1S/C15H15N4O/c1-10-4-6-12(7-5-10)18-19-13-9-15(20-3)14(17-16)8-11(13)2/h4-9H,1-3H3/q+1. The fourth-order valence-corrected chi connectivity index (χ4v) is 1.73. The van der Waals surface area contributed by atoms with Crippen LogP contribution < -0.4 is 4.74 Å². The van der Waals surface area contributed by atoms with E-state index >= 15 is 0 Å². The molecule has 0 heterocycles. The van der Waals surface area contributed by atoms with Crippen LogP contribution in [-0.2, 0) is 0 Å². The molecule has 0 amide bonds. The fraction of sp³-hybridized carbons (Fsp3) is 0.200. The van der Waals surface area contributed by atoms with E-state index in [1.54, 1.807) is 12.1 Å². The molecule has 20 heavy (non-hydrogen) atoms. The van der Waals surface area contributed by atoms with E-state index in [2.05, 4.69) is 15.2 Å². The highest BCUT2D eigenvalue weighted by Gasteiger charge is 2.17. The number of azo groups is 1. The highest BCUT2D eigenvalue weighted by molar-refractivity contribution is 5.66. The molecule has 0 radical (unpaired) electrons. The van der Waals surface area contributed by atoms with Crippen LogP contribution in [0.25, 0.3) is 4.98 Å². The summed E-state index contributed by atoms with van der Waals surface area (Å²) in [5, 5.41) is 17.3. The van der Waals surface area contributed by atoms with Crippen molar-refractivity contribution in [3.63, 3.8) is 0 Å². The van der Waals surface area contributed by atoms with E-state index in [0.717, 1.165) is 11.3 Å². The summed E-state index contributed by atoms with van der Waals surface area (Å²) in [5.41, 5.74) is 3.86. The lowest BCUT2D eigenvalue weighted by Gasteiger charge is -2.01. The third-order valence-electron chi connectivity index (χ3n) is 2.91. The topological polar surface area (TPSA) is 62.1 Å². The minimum absolute atomic E-state index is 0.374. The van der Waals surface area contributed by atoms with Gasteiger partial charge in [0.25, 0.3) is 0 Å². The quantitative estimate of drug-likeness (QED) is 0.566. The van der Waals surface area contributed by atoms with Crippen molar-refractivity contribution in [2.45, 2.75) is 13.8 Å². The summed E-state index contributed by atoms with van der Waals surface area (Å²) >= 11 is 0. The van der Waals surface area contributed by atoms with Crippen molar-refractivity contribution in [1.29, 1.82) is 5.39 Å². The van der Waals surface area contributed by atoms with Crippen LogP contribution in [0.2, 0.25) is 0 Å². The number of nitrogens with zero attached hydrogens (tertiary/aromatic N) is 4. The molecule has 2 aromatic carbocycles. The van der Waals surface area contributed by atoms with Crippen molar-refractivity contribution in [3.05, 3.63) is 52.5 Å². The molecule has 0 aliphatic rings. The molecule has 0 aliphatic carbocycles. The second-order valence-electron chi connectivity index (χ2n) is 4.45. The smallest absolute Gasteiger partial charge is 0.426 e. The molecule has 0 fully saturated rings. The molecule has 0 atom stereocenters. The number of hydrogen-bond acceptors (Lipinski definition) is 4. The van der Waals surface area contributed by atoms with Gasteiger partial charge < -0.3 is 4.74 Å². The average molecular weight is 267 g/mol. The van der Waals surface area contributed by atoms with Gasteiger partial charge in [0.2, 0.25) is 11.1 Å². The van der Waals surface area contributed by atoms with Crippen LogP contribution in [0, 0.1) is 19.2 Å². The average Bonchev–Trinajstić information content (AvgIpc) is 2.47. The maximum Gasteiger partial charge on any atom is 0.426 e. The number of aryl methyl sites for hydroxylation is 2. The molecule has 5 nitrogen and oxygen atoms in total. The Morgan fingerprint density at radius 1 is 1.05 bits per heavy atom. The lowest BCUT2D eigenvalue weighted by molar-refractivity contribution is 0.417. The van der Waals surface area contributed by atoms with Crippen molar-refractivity contribution in [3.8, 4) is 5.75 Å². The molecule has 0 bridgehead atoms. The number of hydrogen-bond donors (Lipinski definition) is 0. The molecule has 0 N–H and O–H groups in total. The number of ether oxygens (including phenoxy) is 1. The van der Waals surface area contributed by atoms with Crippen molar-refractivity contribution in [2.24, 2.45) is 10.2 Å². The van der Waals surface area contributed by atoms with Crippen LogP contribution in [0.5, 0.6) is 5.75 Å². The van der Waals surface area contributed by atoms with Crippen molar-refractivity contribution in [1.82, 2.24) is 0 Å². The van der Waals surface area contributed by atoms with Crippen LogP contribution in [0.15, 0.2) is 46.6 Å². The van der Waals surface area contributed by atoms with Crippen LogP contribution in [0.1, 0.15) is 11.1 Å². The third kappa shape index (κ3) is 2.98. The molecule has 5 heteroatoms. The van der Waals surface area contributed by atoms with E-state index in [1.165, 1.54) is 12.7 Å². The van der Waals surface area contributed by atoms with Crippen LogP contribution in [-0.4, -0.2) is 7.11 Å². The van der Waals surface area contributed by atoms with Gasteiger partial charge in [-0.15, -0.1) is 0 Å². The summed E-state index contributed by atoms with van der Waals surface area (Å²) in [7, 11) is 1.51. The Kier molecular flexibility index (Phi) is 4.06. The number of methoxy groups -OCH3 is 1. The van der Waals surface area contributed by atoms with Gasteiger partial charge >= 0.3 is 5.69 Å². The maximum atomic E-state index is 8.89. The minimum atomic E-state index is 0.374. The van der Waals surface area contributed by atoms with Gasteiger partial charge in [0, 0.05) is 12.1 Å². The minimum Gasteiger partial charge on any atom is -0.489 e. The molecule has 0 aliphatic heterocycles. The molecular weight excluding hydrogens is 252 g/mol. The SMILES string of the molecule is COc1cc(N=Nc2ccc(C)cc2)c(C)cc1[N+]#N. The summed E-state index contributed by atoms with van der Waals surface area (Å²) in [6, 6.07) is 11.2. The molecule has 0 saturated carbocycles. The van der Waals surface area contributed by atoms with Gasteiger partial charge in [-0.2, -0.15) is 10.2 Å². The summed E-state index contributed by atoms with van der Waals surface area (Å²) in [6.07, 6.45) is 0. The van der Waals surface area contributed by atoms with Gasteiger partial charge in [-0.3, -0.25) is 0 Å². The first kappa shape index (κ1) is 13.7. The Morgan fingerprint density at radius 3 is 2.35 bits per heavy atom. The van der Waals surface area contributed by atoms with Gasteiger partial charge in [0.1, 0.15) is 0 Å². The molecule has 2 aromatic rings. The summed E-state index contributed by atoms with van der Waals surface area (Å²) < 4.78 is 5.14. The third-order valence-corrected chi connectivity index (χ3v) is 2.91. The summed E-state index contributed by atoms with van der Waals surface area (Å²) in [4.78, 5) is 3.17. The number of rotatable bonds is 3. The van der Waals surface area contributed by atoms with Gasteiger partial charge in [0.05, 0.1) is 18.5 Å². The van der Waals surface area contributed by atoms with Crippen LogP contribution >= 0.6 is 0 Å². The zero-order valence-electron chi connectivity index (χ0n) is 11.7. The van der Waals surface area contributed by atoms with E-state index in [1.807, 2.05) is 38.1 Å². The van der Waals surface area contributed by atoms with E-state index < -0.39 is 0 Å². The van der Waals surface area contributed by atoms with E-state index in [9.17, 15) is 0 Å². The Labute approximate surface area is 117 Å². The number of benzene rings is 2. The predicted molar refractivity (Wildman–Crippen MR) is 77.8 cm³/mol. The Balaban J connectivity index is 2.34. The molecular formula is C15H15N4O+. The Bertz CT molecular complexity index is 684. The van der Waals surface area contributed by atoms with Crippen LogP contribution in [0.4, 0.5) is 17.1 Å². The van der Waals surface area contributed by atoms with Crippen molar-refractivity contribution in [2.75, 3.05) is 7.11 Å². The first-order valence-corrected chi connectivity index (χ1v) is 6.16. The lowest BCUT2D eigenvalue weighted by Crippen LogP contribution is -1.84. The predicted octanol–water partition coefficient (Wildman–Crippen LogP) is 5.21. The van der Waals surface area contributed by atoms with Gasteiger partial charge in [0.15, 0.2) is 4.98 Å². The molecule has 2 rings (SSSR count). The van der Waals surface area contributed by atoms with Gasteiger partial charge in [-0.1, -0.05) is 17.7 Å². The molecule has 0 unspecified atom stereocenters. The first-order valence-electron chi connectivity index (χ1n) is 6.16. The molecule has 0 aromatic heterocycles. The Morgan fingerprint density at radius 2 is 1.75 bits per heavy atom. The second kappa shape index (κ2) is 5.93. The fourth-order valence-electron chi connectivity index (χ4n) is 1.73. The van der Waals surface area contributed by atoms with E-state index in [4.69, 9.17) is 10.1 Å². The van der Waals surface area contributed by atoms with Gasteiger partial charge in [-0.25, -0.2) is 0 Å². The van der Waals surface area contributed by atoms with E-state index in [-0.39, 0.29) is 0 Å². The lowest BCUT2D eigenvalue weighted by atomic mass is 10.1. The normalized spacial score (nSPS) is 10.5. The summed E-state index contributed by atoms with van der Waals surface area (Å²) in [6.45, 7) is 3.89. The van der Waals surface area contributed by atoms with Crippen molar-refractivity contribution < 1.29 is 4.74 Å². The monoisotopic (exact) mass is 267 g/mol. The zero-order valence-corrected chi connectivity index (χ0v) is 11.7. The maximum absolute atomic E-state index is 8.89. The molecule has 0 saturated heterocycles. The molecule has 0 spiro atoms. The van der Waals surface area contributed by atoms with Gasteiger partial charge in [-0.05, 0) is 31.5 Å². The number of diazo groups is 1. The van der Waals surface area contributed by atoms with Crippen molar-refractivity contribution >= 4 is 17.1 Å². The second-order valence-corrected chi connectivity index (χ2v) is 4.45. The Hall–Kier alpha value is -2.74. The zero-order chi connectivity index (χ0) is 14.5. The highest BCUT2D eigenvalue weighted by atomic mass is 16.5.